The van der Waals surface area contributed by atoms with Crippen LogP contribution in [0.15, 0.2) is 48.5 Å². The zero-order valence-corrected chi connectivity index (χ0v) is 20.8. The normalized spacial score (nSPS) is 29.7. The molecule has 0 aromatic heterocycles. The molecule has 2 saturated heterocycles. The summed E-state index contributed by atoms with van der Waals surface area (Å²) in [4.78, 5) is 15.5. The molecule has 3 atom stereocenters. The Balaban J connectivity index is 1.36. The van der Waals surface area contributed by atoms with Gasteiger partial charge in [-0.1, -0.05) is 36.4 Å². The van der Waals surface area contributed by atoms with Crippen molar-refractivity contribution in [3.8, 4) is 5.75 Å². The molecule has 6 rings (SSSR count). The second-order valence-corrected chi connectivity index (χ2v) is 11.3. The summed E-state index contributed by atoms with van der Waals surface area (Å²) in [6.45, 7) is 2.00. The maximum atomic E-state index is 13.3. The van der Waals surface area contributed by atoms with Gasteiger partial charge in [0.25, 0.3) is 0 Å². The van der Waals surface area contributed by atoms with Crippen molar-refractivity contribution in [2.24, 2.45) is 5.92 Å². The van der Waals surface area contributed by atoms with Crippen molar-refractivity contribution >= 4 is 5.91 Å². The third-order valence-corrected chi connectivity index (χ3v) is 9.20. The zero-order chi connectivity index (χ0) is 25.8. The number of alkyl halides is 3. The average molecular weight is 515 g/mol. The predicted octanol–water partition coefficient (Wildman–Crippen LogP) is 4.46. The van der Waals surface area contributed by atoms with Gasteiger partial charge in [0, 0.05) is 31.1 Å². The number of aliphatic hydroxyl groups is 1. The number of rotatable bonds is 5. The molecule has 3 fully saturated rings. The Morgan fingerprint density at radius 1 is 1.03 bits per heavy atom. The van der Waals surface area contributed by atoms with Gasteiger partial charge in [-0.25, -0.2) is 0 Å². The first-order chi connectivity index (χ1) is 17.7. The molecule has 37 heavy (non-hydrogen) atoms. The number of piperidine rings is 1. The van der Waals surface area contributed by atoms with Crippen LogP contribution in [0.5, 0.6) is 5.75 Å². The molecule has 2 heterocycles. The van der Waals surface area contributed by atoms with Crippen molar-refractivity contribution < 1.29 is 27.8 Å². The lowest BCUT2D eigenvalue weighted by molar-refractivity contribution is -0.185. The Bertz CT molecular complexity index is 1170. The smallest absolute Gasteiger partial charge is 0.471 e. The van der Waals surface area contributed by atoms with Crippen molar-refractivity contribution in [2.75, 3.05) is 26.2 Å². The van der Waals surface area contributed by atoms with Gasteiger partial charge in [0.05, 0.1) is 5.60 Å². The van der Waals surface area contributed by atoms with Crippen LogP contribution in [-0.4, -0.2) is 64.8 Å². The summed E-state index contributed by atoms with van der Waals surface area (Å²) in [5.74, 6) is -0.485. The lowest BCUT2D eigenvalue weighted by atomic mass is 9.52. The number of ether oxygens (including phenoxy) is 1. The fourth-order valence-corrected chi connectivity index (χ4v) is 7.07. The van der Waals surface area contributed by atoms with Crippen molar-refractivity contribution in [3.63, 3.8) is 0 Å². The average Bonchev–Trinajstić information content (AvgIpc) is 3.71. The molecule has 1 saturated carbocycles. The van der Waals surface area contributed by atoms with E-state index in [4.69, 9.17) is 4.74 Å². The Morgan fingerprint density at radius 2 is 1.76 bits per heavy atom. The van der Waals surface area contributed by atoms with Crippen molar-refractivity contribution in [1.29, 1.82) is 0 Å². The van der Waals surface area contributed by atoms with Crippen LogP contribution in [0, 0.1) is 5.92 Å². The largest absolute Gasteiger partial charge is 0.489 e. The van der Waals surface area contributed by atoms with E-state index in [-0.39, 0.29) is 25.6 Å². The van der Waals surface area contributed by atoms with Crippen LogP contribution < -0.4 is 4.74 Å². The van der Waals surface area contributed by atoms with Crippen molar-refractivity contribution in [2.45, 2.75) is 68.4 Å². The quantitative estimate of drug-likeness (QED) is 0.640. The molecule has 8 heteroatoms. The number of likely N-dealkylation sites (tertiary alicyclic amines) is 2. The number of nitrogens with zero attached hydrogens (tertiary/aromatic N) is 2. The van der Waals surface area contributed by atoms with E-state index in [1.165, 1.54) is 12.8 Å². The number of carbonyl (C=O) groups excluding carboxylic acids is 1. The standard InChI is InChI=1S/C29H33F3N2O3/c30-29(31,32)26(35)33-13-10-27-11-14-34(18-20-6-7-20)25(28(27,36)12-15-33)16-22-8-9-23(17-24(22)27)37-19-21-4-2-1-3-5-21/h1-5,8-9,17,20,25,36H,6-7,10-16,18-19H2/t25-,27+,28-/m1/s1. The first-order valence-electron chi connectivity index (χ1n) is 13.3. The first kappa shape index (κ1) is 24.7. The van der Waals surface area contributed by atoms with Crippen LogP contribution >= 0.6 is 0 Å². The summed E-state index contributed by atoms with van der Waals surface area (Å²) in [6.07, 6.45) is -0.802. The fourth-order valence-electron chi connectivity index (χ4n) is 7.07. The van der Waals surface area contributed by atoms with E-state index in [9.17, 15) is 23.1 Å². The molecular weight excluding hydrogens is 481 g/mol. The number of hydrogen-bond acceptors (Lipinski definition) is 4. The molecule has 2 aliphatic carbocycles. The van der Waals surface area contributed by atoms with Gasteiger partial charge >= 0.3 is 12.1 Å². The van der Waals surface area contributed by atoms with E-state index < -0.39 is 23.1 Å². The van der Waals surface area contributed by atoms with E-state index >= 15 is 0 Å². The number of hydrogen-bond donors (Lipinski definition) is 1. The molecule has 2 aliphatic heterocycles. The number of amides is 1. The van der Waals surface area contributed by atoms with Gasteiger partial charge in [0.15, 0.2) is 0 Å². The minimum atomic E-state index is -4.92. The highest BCUT2D eigenvalue weighted by molar-refractivity contribution is 5.82. The Morgan fingerprint density at radius 3 is 2.49 bits per heavy atom. The van der Waals surface area contributed by atoms with Gasteiger partial charge in [-0.05, 0) is 79.8 Å². The lowest BCUT2D eigenvalue weighted by Crippen LogP contribution is -2.71. The van der Waals surface area contributed by atoms with Gasteiger partial charge < -0.3 is 14.7 Å². The summed E-state index contributed by atoms with van der Waals surface area (Å²) in [6, 6.07) is 15.7. The summed E-state index contributed by atoms with van der Waals surface area (Å²) in [5, 5.41) is 12.5. The van der Waals surface area contributed by atoms with Crippen molar-refractivity contribution in [1.82, 2.24) is 9.80 Å². The van der Waals surface area contributed by atoms with Crippen LogP contribution in [0.3, 0.4) is 0 Å². The van der Waals surface area contributed by atoms with Gasteiger partial charge in [0.2, 0.25) is 0 Å². The van der Waals surface area contributed by atoms with E-state index in [2.05, 4.69) is 11.0 Å². The second-order valence-electron chi connectivity index (χ2n) is 11.3. The van der Waals surface area contributed by atoms with Crippen LogP contribution in [-0.2, 0) is 23.2 Å². The van der Waals surface area contributed by atoms with Crippen LogP contribution in [0.25, 0.3) is 0 Å². The molecule has 4 aliphatic rings. The van der Waals surface area contributed by atoms with Gasteiger partial charge in [-0.3, -0.25) is 9.69 Å². The SMILES string of the molecule is O=C(N1CC[C@]23CCN(CC4CC4)[C@H](Cc4ccc(OCc5ccccc5)cc42)[C@]3(O)CC1)C(F)(F)F. The highest BCUT2D eigenvalue weighted by Crippen LogP contribution is 2.57. The van der Waals surface area contributed by atoms with E-state index in [0.29, 0.717) is 37.5 Å². The topological polar surface area (TPSA) is 53.0 Å². The number of benzene rings is 2. The Hall–Kier alpha value is -2.58. The fraction of sp³-hybridized carbons (Fsp3) is 0.552. The summed E-state index contributed by atoms with van der Waals surface area (Å²) >= 11 is 0. The maximum absolute atomic E-state index is 13.3. The minimum Gasteiger partial charge on any atom is -0.489 e. The monoisotopic (exact) mass is 514 g/mol. The minimum absolute atomic E-state index is 0.0233. The zero-order valence-electron chi connectivity index (χ0n) is 20.8. The highest BCUT2D eigenvalue weighted by atomic mass is 19.4. The third-order valence-electron chi connectivity index (χ3n) is 9.20. The molecule has 0 spiro atoms. The van der Waals surface area contributed by atoms with Gasteiger partial charge in [-0.15, -0.1) is 0 Å². The molecule has 2 aromatic carbocycles. The Kier molecular flexibility index (Phi) is 6.03. The maximum Gasteiger partial charge on any atom is 0.471 e. The molecule has 1 N–H and O–H groups in total. The van der Waals surface area contributed by atoms with Gasteiger partial charge in [-0.2, -0.15) is 13.2 Å². The highest BCUT2D eigenvalue weighted by Gasteiger charge is 2.64. The van der Waals surface area contributed by atoms with Crippen molar-refractivity contribution in [3.05, 3.63) is 65.2 Å². The summed E-state index contributed by atoms with van der Waals surface area (Å²) in [7, 11) is 0. The molecule has 1 amide bonds. The number of halogens is 3. The van der Waals surface area contributed by atoms with Crippen LogP contribution in [0.4, 0.5) is 13.2 Å². The molecule has 2 bridgehead atoms. The molecular formula is C29H33F3N2O3. The summed E-state index contributed by atoms with van der Waals surface area (Å²) < 4.78 is 46.2. The molecule has 5 nitrogen and oxygen atoms in total. The first-order valence-corrected chi connectivity index (χ1v) is 13.3. The molecule has 198 valence electrons. The third kappa shape index (κ3) is 4.32. The van der Waals surface area contributed by atoms with Crippen LogP contribution in [0.2, 0.25) is 0 Å². The number of carbonyl (C=O) groups is 1. The molecule has 2 aromatic rings. The molecule has 0 unspecified atom stereocenters. The second kappa shape index (κ2) is 9.02. The lowest BCUT2D eigenvalue weighted by Gasteiger charge is -2.61. The predicted molar refractivity (Wildman–Crippen MR) is 132 cm³/mol. The van der Waals surface area contributed by atoms with E-state index in [0.717, 1.165) is 34.7 Å². The van der Waals surface area contributed by atoms with E-state index in [1.807, 2.05) is 42.5 Å². The Labute approximate surface area is 215 Å². The number of fused-ring (bicyclic) bond motifs is 1. The van der Waals surface area contributed by atoms with E-state index in [1.54, 1.807) is 0 Å². The van der Waals surface area contributed by atoms with Crippen LogP contribution in [0.1, 0.15) is 48.8 Å². The summed E-state index contributed by atoms with van der Waals surface area (Å²) in [5.41, 5.74) is 1.20. The molecule has 0 radical (unpaired) electrons. The van der Waals surface area contributed by atoms with Gasteiger partial charge in [0.1, 0.15) is 12.4 Å².